The third-order valence-electron chi connectivity index (χ3n) is 4.07. The van der Waals surface area contributed by atoms with Crippen LogP contribution in [0.25, 0.3) is 0 Å². The second-order valence-electron chi connectivity index (χ2n) is 5.67. The fraction of sp³-hybridized carbons (Fsp3) is 0.846. The number of hydrogen-bond acceptors (Lipinski definition) is 3. The summed E-state index contributed by atoms with van der Waals surface area (Å²) in [5.74, 6) is 0.585. The minimum atomic E-state index is -0.145. The van der Waals surface area contributed by atoms with Crippen molar-refractivity contribution in [3.8, 4) is 0 Å². The van der Waals surface area contributed by atoms with Crippen molar-refractivity contribution in [2.75, 3.05) is 40.3 Å². The van der Waals surface area contributed by atoms with Gasteiger partial charge in [-0.15, -0.1) is 0 Å². The number of carbonyl (C=O) groups is 2. The minimum absolute atomic E-state index is 0.000964. The van der Waals surface area contributed by atoms with Gasteiger partial charge in [-0.2, -0.15) is 0 Å². The molecule has 2 saturated heterocycles. The highest BCUT2D eigenvalue weighted by atomic mass is 16.2. The molecular weight excluding hydrogens is 230 g/mol. The molecule has 2 amide bonds. The lowest BCUT2D eigenvalue weighted by atomic mass is 9.96. The number of rotatable bonds is 3. The van der Waals surface area contributed by atoms with E-state index in [0.717, 1.165) is 32.5 Å². The van der Waals surface area contributed by atoms with E-state index in [2.05, 4.69) is 17.3 Å². The molecule has 2 rings (SSSR count). The van der Waals surface area contributed by atoms with Gasteiger partial charge >= 0.3 is 0 Å². The molecule has 5 heteroatoms. The molecule has 0 aromatic heterocycles. The van der Waals surface area contributed by atoms with E-state index in [4.69, 9.17) is 0 Å². The Kier molecular flexibility index (Phi) is 4.22. The van der Waals surface area contributed by atoms with E-state index in [-0.39, 0.29) is 17.7 Å². The highest BCUT2D eigenvalue weighted by Gasteiger charge is 2.31. The Bertz CT molecular complexity index is 324. The van der Waals surface area contributed by atoms with Crippen LogP contribution in [-0.2, 0) is 9.59 Å². The van der Waals surface area contributed by atoms with Crippen LogP contribution in [0.1, 0.15) is 19.3 Å². The molecule has 2 heterocycles. The fourth-order valence-corrected chi connectivity index (χ4v) is 2.81. The maximum Gasteiger partial charge on any atom is 0.227 e. The van der Waals surface area contributed by atoms with Gasteiger partial charge < -0.3 is 15.1 Å². The summed E-state index contributed by atoms with van der Waals surface area (Å²) in [6.07, 6.45) is 2.68. The van der Waals surface area contributed by atoms with Gasteiger partial charge in [0.1, 0.15) is 0 Å². The van der Waals surface area contributed by atoms with E-state index in [1.54, 1.807) is 0 Å². The molecule has 0 aromatic carbocycles. The van der Waals surface area contributed by atoms with E-state index in [0.29, 0.717) is 18.9 Å². The second kappa shape index (κ2) is 5.69. The van der Waals surface area contributed by atoms with E-state index < -0.39 is 0 Å². The lowest BCUT2D eigenvalue weighted by Gasteiger charge is -2.32. The number of likely N-dealkylation sites (tertiary alicyclic amines) is 1. The first kappa shape index (κ1) is 13.3. The summed E-state index contributed by atoms with van der Waals surface area (Å²) >= 11 is 0. The summed E-state index contributed by atoms with van der Waals surface area (Å²) in [5.41, 5.74) is 0. The van der Waals surface area contributed by atoms with Gasteiger partial charge in [0.15, 0.2) is 0 Å². The standard InChI is InChI=1S/C13H23N3O2/c1-15-5-3-10(4-6-15)9-16(2)13(18)11-7-12(17)14-8-11/h10-11H,3-9H2,1-2H3,(H,14,17). The summed E-state index contributed by atoms with van der Waals surface area (Å²) < 4.78 is 0. The van der Waals surface area contributed by atoms with Crippen LogP contribution in [0.4, 0.5) is 0 Å². The highest BCUT2D eigenvalue weighted by molar-refractivity contribution is 5.89. The molecule has 1 unspecified atom stereocenters. The molecular formula is C13H23N3O2. The zero-order valence-corrected chi connectivity index (χ0v) is 11.3. The first-order valence-corrected chi connectivity index (χ1v) is 6.76. The lowest BCUT2D eigenvalue weighted by Crippen LogP contribution is -2.40. The Morgan fingerprint density at radius 3 is 2.67 bits per heavy atom. The van der Waals surface area contributed by atoms with Crippen molar-refractivity contribution in [2.45, 2.75) is 19.3 Å². The number of piperidine rings is 1. The van der Waals surface area contributed by atoms with Gasteiger partial charge in [-0.3, -0.25) is 9.59 Å². The van der Waals surface area contributed by atoms with Crippen molar-refractivity contribution in [1.29, 1.82) is 0 Å². The summed E-state index contributed by atoms with van der Waals surface area (Å²) in [6.45, 7) is 3.58. The van der Waals surface area contributed by atoms with Crippen LogP contribution < -0.4 is 5.32 Å². The normalized spacial score (nSPS) is 26.1. The summed E-state index contributed by atoms with van der Waals surface area (Å²) in [7, 11) is 4.00. The molecule has 102 valence electrons. The van der Waals surface area contributed by atoms with Crippen LogP contribution in [0.3, 0.4) is 0 Å². The van der Waals surface area contributed by atoms with Crippen LogP contribution in [0.2, 0.25) is 0 Å². The topological polar surface area (TPSA) is 52.6 Å². The zero-order chi connectivity index (χ0) is 13.1. The fourth-order valence-electron chi connectivity index (χ4n) is 2.81. The average molecular weight is 253 g/mol. The van der Waals surface area contributed by atoms with Crippen LogP contribution in [0.15, 0.2) is 0 Å². The number of nitrogens with one attached hydrogen (secondary N) is 1. The molecule has 1 atom stereocenters. The van der Waals surface area contributed by atoms with Gasteiger partial charge in [0, 0.05) is 26.6 Å². The molecule has 2 aliphatic heterocycles. The molecule has 0 radical (unpaired) electrons. The van der Waals surface area contributed by atoms with Gasteiger partial charge in [0.25, 0.3) is 0 Å². The molecule has 0 bridgehead atoms. The molecule has 18 heavy (non-hydrogen) atoms. The number of hydrogen-bond donors (Lipinski definition) is 1. The molecule has 1 N–H and O–H groups in total. The van der Waals surface area contributed by atoms with Crippen molar-refractivity contribution in [3.05, 3.63) is 0 Å². The predicted molar refractivity (Wildman–Crippen MR) is 69.0 cm³/mol. The Morgan fingerprint density at radius 2 is 2.11 bits per heavy atom. The largest absolute Gasteiger partial charge is 0.355 e. The molecule has 5 nitrogen and oxygen atoms in total. The first-order chi connectivity index (χ1) is 8.56. The lowest BCUT2D eigenvalue weighted by molar-refractivity contribution is -0.135. The minimum Gasteiger partial charge on any atom is -0.355 e. The third-order valence-corrected chi connectivity index (χ3v) is 4.07. The summed E-state index contributed by atoms with van der Waals surface area (Å²) in [4.78, 5) is 27.4. The maximum atomic E-state index is 12.2. The zero-order valence-electron chi connectivity index (χ0n) is 11.3. The van der Waals surface area contributed by atoms with Crippen LogP contribution in [-0.4, -0.2) is 61.9 Å². The average Bonchev–Trinajstić information content (AvgIpc) is 2.78. The Hall–Kier alpha value is -1.10. The summed E-state index contributed by atoms with van der Waals surface area (Å²) in [5, 5.41) is 2.72. The monoisotopic (exact) mass is 253 g/mol. The quantitative estimate of drug-likeness (QED) is 0.765. The van der Waals surface area contributed by atoms with Crippen LogP contribution >= 0.6 is 0 Å². The Morgan fingerprint density at radius 1 is 1.44 bits per heavy atom. The Balaban J connectivity index is 1.78. The second-order valence-corrected chi connectivity index (χ2v) is 5.67. The van der Waals surface area contributed by atoms with Crippen molar-refractivity contribution in [1.82, 2.24) is 15.1 Å². The van der Waals surface area contributed by atoms with Crippen molar-refractivity contribution < 1.29 is 9.59 Å². The van der Waals surface area contributed by atoms with E-state index in [1.165, 1.54) is 0 Å². The molecule has 0 aromatic rings. The first-order valence-electron chi connectivity index (χ1n) is 6.76. The van der Waals surface area contributed by atoms with Crippen LogP contribution in [0, 0.1) is 11.8 Å². The maximum absolute atomic E-state index is 12.2. The number of carbonyl (C=O) groups excluding carboxylic acids is 2. The molecule has 0 aliphatic carbocycles. The predicted octanol–water partition coefficient (Wildman–Crippen LogP) is -0.0773. The molecule has 2 aliphatic rings. The van der Waals surface area contributed by atoms with Gasteiger partial charge in [-0.25, -0.2) is 0 Å². The van der Waals surface area contributed by atoms with E-state index in [1.807, 2.05) is 11.9 Å². The highest BCUT2D eigenvalue weighted by Crippen LogP contribution is 2.19. The van der Waals surface area contributed by atoms with Crippen molar-refractivity contribution >= 4 is 11.8 Å². The Labute approximate surface area is 108 Å². The third kappa shape index (κ3) is 3.22. The number of nitrogens with zero attached hydrogens (tertiary/aromatic N) is 2. The number of amides is 2. The van der Waals surface area contributed by atoms with Gasteiger partial charge in [0.05, 0.1) is 5.92 Å². The SMILES string of the molecule is CN1CCC(CN(C)C(=O)C2CNC(=O)C2)CC1. The summed E-state index contributed by atoms with van der Waals surface area (Å²) in [6, 6.07) is 0. The van der Waals surface area contributed by atoms with Crippen molar-refractivity contribution in [2.24, 2.45) is 11.8 Å². The molecule has 0 saturated carbocycles. The van der Waals surface area contributed by atoms with Gasteiger partial charge in [0.2, 0.25) is 11.8 Å². The molecule has 0 spiro atoms. The molecule has 2 fully saturated rings. The van der Waals surface area contributed by atoms with Crippen LogP contribution in [0.5, 0.6) is 0 Å². The van der Waals surface area contributed by atoms with Gasteiger partial charge in [-0.1, -0.05) is 0 Å². The van der Waals surface area contributed by atoms with E-state index in [9.17, 15) is 9.59 Å². The van der Waals surface area contributed by atoms with E-state index >= 15 is 0 Å². The van der Waals surface area contributed by atoms with Gasteiger partial charge in [-0.05, 0) is 38.9 Å². The smallest absolute Gasteiger partial charge is 0.227 e. The van der Waals surface area contributed by atoms with Crippen molar-refractivity contribution in [3.63, 3.8) is 0 Å².